The van der Waals surface area contributed by atoms with Crippen LogP contribution in [0.15, 0.2) is 72.8 Å². The van der Waals surface area contributed by atoms with Crippen molar-refractivity contribution in [1.29, 1.82) is 0 Å². The van der Waals surface area contributed by atoms with Crippen LogP contribution in [0, 0.1) is 19.1 Å². The van der Waals surface area contributed by atoms with Crippen LogP contribution < -0.4 is 26.5 Å². The van der Waals surface area contributed by atoms with Gasteiger partial charge < -0.3 is 48.3 Å². The molecule has 15 heteroatoms. The van der Waals surface area contributed by atoms with Gasteiger partial charge in [0.15, 0.2) is 5.75 Å². The van der Waals surface area contributed by atoms with Gasteiger partial charge in [0.2, 0.25) is 6.23 Å². The molecule has 0 saturated heterocycles. The Labute approximate surface area is 323 Å². The zero-order valence-electron chi connectivity index (χ0n) is 27.3. The van der Waals surface area contributed by atoms with E-state index in [-0.39, 0.29) is 70.9 Å². The largest absolute Gasteiger partial charge is 2.00 e. The number of hydrogen-bond donors (Lipinski definition) is 1. The number of halogens is 5. The number of rotatable bonds is 3. The number of aliphatic hydroxyl groups is 1. The Morgan fingerprint density at radius 3 is 1.84 bits per heavy atom. The third-order valence-corrected chi connectivity index (χ3v) is 8.25. The zero-order valence-corrected chi connectivity index (χ0v) is 31.8. The molecule has 0 fully saturated rings. The van der Waals surface area contributed by atoms with Crippen molar-refractivity contribution < 1.29 is 49.9 Å². The first-order valence-electron chi connectivity index (χ1n) is 14.6. The summed E-state index contributed by atoms with van der Waals surface area (Å²) in [6, 6.07) is 19.4. The van der Waals surface area contributed by atoms with Gasteiger partial charge in [-0.05, 0) is 81.4 Å². The molecule has 0 radical (unpaired) electrons. The average molecular weight is 799 g/mol. The van der Waals surface area contributed by atoms with Crippen molar-refractivity contribution >= 4 is 74.0 Å². The number of carbonyl (C=O) groups excluding carboxylic acids is 1. The predicted octanol–water partition coefficient (Wildman–Crippen LogP) is 5.18. The quantitative estimate of drug-likeness (QED) is 0.114. The summed E-state index contributed by atoms with van der Waals surface area (Å²) in [5, 5.41) is 12.0. The number of aromatic nitrogens is 4. The van der Waals surface area contributed by atoms with E-state index in [4.69, 9.17) is 37.4 Å². The fourth-order valence-electron chi connectivity index (χ4n) is 5.87. The number of benzene rings is 2. The Bertz CT molecular complexity index is 2230. The van der Waals surface area contributed by atoms with E-state index >= 15 is 0 Å². The number of ether oxygens (including phenoxy) is 3. The van der Waals surface area contributed by atoms with Crippen LogP contribution in [0.3, 0.4) is 0 Å². The Morgan fingerprint density at radius 1 is 0.860 bits per heavy atom. The Morgan fingerprint density at radius 2 is 1.34 bits per heavy atom. The first kappa shape index (κ1) is 39.3. The third kappa shape index (κ3) is 6.79. The van der Waals surface area contributed by atoms with Gasteiger partial charge in [-0.1, -0.05) is 35.3 Å². The van der Waals surface area contributed by atoms with E-state index in [0.717, 1.165) is 0 Å². The molecule has 0 spiro atoms. The van der Waals surface area contributed by atoms with Crippen molar-refractivity contribution in [3.05, 3.63) is 102 Å². The maximum Gasteiger partial charge on any atom is 2.00 e. The van der Waals surface area contributed by atoms with Gasteiger partial charge in [0.1, 0.15) is 44.7 Å². The molecule has 8 rings (SSSR count). The van der Waals surface area contributed by atoms with Crippen LogP contribution in [0.2, 0.25) is 10.3 Å². The number of pyridine rings is 2. The van der Waals surface area contributed by atoms with Crippen molar-refractivity contribution in [1.82, 2.24) is 19.1 Å². The van der Waals surface area contributed by atoms with Gasteiger partial charge in [-0.2, -0.15) is 0 Å². The normalized spacial score (nSPS) is 15.2. The second kappa shape index (κ2) is 15.0. The first-order chi connectivity index (χ1) is 22.5. The summed E-state index contributed by atoms with van der Waals surface area (Å²) >= 11 is 12.0. The summed E-state index contributed by atoms with van der Waals surface area (Å²) in [6.45, 7) is 5.24. The van der Waals surface area contributed by atoms with Crippen LogP contribution in [0.4, 0.5) is 8.78 Å². The molecule has 6 heterocycles. The van der Waals surface area contributed by atoms with Crippen molar-refractivity contribution in [2.75, 3.05) is 6.61 Å². The molecule has 1 N–H and O–H groups in total. The molecule has 9 nitrogen and oxygen atoms in total. The molecule has 2 aliphatic rings. The monoisotopic (exact) mass is 796 g/mol. The zero-order chi connectivity index (χ0) is 33.2. The van der Waals surface area contributed by atoms with E-state index in [1.807, 2.05) is 0 Å². The van der Waals surface area contributed by atoms with Crippen LogP contribution in [0.1, 0.15) is 33.2 Å². The smallest absolute Gasteiger partial charge is 1.00 e. The molecule has 6 aromatic rings. The first-order valence-corrected chi connectivity index (χ1v) is 15.4. The summed E-state index contributed by atoms with van der Waals surface area (Å²) in [5.74, 6) is -0.366. The van der Waals surface area contributed by atoms with Crippen molar-refractivity contribution in [3.63, 3.8) is 0 Å². The van der Waals surface area contributed by atoms with Gasteiger partial charge in [-0.15, -0.1) is 0 Å². The van der Waals surface area contributed by atoms with Gasteiger partial charge in [-0.3, -0.25) is 4.57 Å². The van der Waals surface area contributed by atoms with Crippen molar-refractivity contribution in [2.24, 2.45) is 0 Å². The summed E-state index contributed by atoms with van der Waals surface area (Å²) in [5.41, 5.74) is 2.20. The fourth-order valence-corrected chi connectivity index (χ4v) is 6.17. The summed E-state index contributed by atoms with van der Waals surface area (Å²) in [7, 11) is 0. The molecule has 2 unspecified atom stereocenters. The molecule has 256 valence electrons. The molecular weight excluding hydrogens is 770 g/mol. The van der Waals surface area contributed by atoms with E-state index < -0.39 is 24.0 Å². The van der Waals surface area contributed by atoms with Crippen molar-refractivity contribution in [2.45, 2.75) is 38.8 Å². The number of hydrogen-bond acceptors (Lipinski definition) is 7. The molecule has 2 aromatic carbocycles. The second-order valence-corrected chi connectivity index (χ2v) is 12.2. The van der Waals surface area contributed by atoms with Crippen LogP contribution >= 0.6 is 23.2 Å². The predicted molar refractivity (Wildman–Crippen MR) is 185 cm³/mol. The summed E-state index contributed by atoms with van der Waals surface area (Å²) in [6.07, 6.45) is -1.75. The molecule has 50 heavy (non-hydrogen) atoms. The summed E-state index contributed by atoms with van der Waals surface area (Å²) < 4.78 is 48.6. The van der Waals surface area contributed by atoms with E-state index in [1.54, 1.807) is 90.6 Å². The Balaban J connectivity index is 0.000000212. The second-order valence-electron chi connectivity index (χ2n) is 11.5. The van der Waals surface area contributed by atoms with Gasteiger partial charge in [0, 0.05) is 10.8 Å². The molecular formula is C35H29BrCl2F2MgN4O5. The average Bonchev–Trinajstić information content (AvgIpc) is 3.62. The number of esters is 1. The van der Waals surface area contributed by atoms with Gasteiger partial charge in [-0.25, -0.2) is 23.5 Å². The van der Waals surface area contributed by atoms with Gasteiger partial charge in [0.05, 0.1) is 29.0 Å². The Kier molecular flexibility index (Phi) is 11.8. The Hall–Kier alpha value is -3.46. The van der Waals surface area contributed by atoms with Crippen molar-refractivity contribution in [3.8, 4) is 34.3 Å². The standard InChI is InChI=1S/C17H12ClFN2O3.C17H14ClFN2O2.CH3.BrH.Mg/c1-2-23-17(22)16-21-11-5-3-4-10(19)9(11)8-12(21)15-13(24-16)6-7-14(18)20-15;1-17(2,22)16-21-11-5-3-4-10(19)9(11)8-12(21)15-13(23-16)6-7-14(18)20-15;;;/h3-8,16H,2H2,1H3;3-8,16,22H,1-2H3;1H3;1H;/q;;-1;;+2/p-1. The maximum atomic E-state index is 14.2. The van der Waals surface area contributed by atoms with Crippen LogP contribution in [-0.4, -0.2) is 65.4 Å². The maximum absolute atomic E-state index is 14.2. The molecule has 2 atom stereocenters. The summed E-state index contributed by atoms with van der Waals surface area (Å²) in [4.78, 5) is 20.9. The molecule has 0 amide bonds. The fraction of sp³-hybridized carbons (Fsp3) is 0.200. The van der Waals surface area contributed by atoms with E-state index in [9.17, 15) is 18.7 Å². The molecule has 0 aliphatic carbocycles. The number of carbonyl (C=O) groups is 1. The van der Waals surface area contributed by atoms with E-state index in [0.29, 0.717) is 61.2 Å². The molecule has 0 bridgehead atoms. The minimum atomic E-state index is -1.18. The van der Waals surface area contributed by atoms with Crippen LogP contribution in [-0.2, 0) is 9.53 Å². The van der Waals surface area contributed by atoms with Crippen LogP contribution in [0.5, 0.6) is 11.5 Å². The minimum Gasteiger partial charge on any atom is -1.00 e. The molecule has 0 saturated carbocycles. The topological polar surface area (TPSA) is 101 Å². The van der Waals surface area contributed by atoms with Gasteiger partial charge >= 0.3 is 29.0 Å². The minimum absolute atomic E-state index is 0. The number of fused-ring (bicyclic) bond motifs is 10. The molecule has 4 aromatic heterocycles. The third-order valence-electron chi connectivity index (χ3n) is 7.83. The van der Waals surface area contributed by atoms with E-state index in [1.165, 1.54) is 12.1 Å². The molecule has 2 aliphatic heterocycles. The SMILES string of the molecule is CC(C)(O)C1Oc2ccc(Cl)nc2-c2cc3c(F)cccc3n21.CCOC(=O)C1Oc2ccc(Cl)nc2-c2cc3c(F)cccc3n21.[Br-].[CH3-].[Mg+2]. The van der Waals surface area contributed by atoms with Crippen LogP contribution in [0.25, 0.3) is 44.6 Å². The van der Waals surface area contributed by atoms with E-state index in [2.05, 4.69) is 9.97 Å². The van der Waals surface area contributed by atoms with Gasteiger partial charge in [0.25, 0.3) is 6.23 Å². The number of nitrogens with zero attached hydrogens (tertiary/aromatic N) is 4.